The predicted octanol–water partition coefficient (Wildman–Crippen LogP) is 2.53. The number of amides is 2. The molecule has 0 aliphatic heterocycles. The Labute approximate surface area is 202 Å². The van der Waals surface area contributed by atoms with Crippen LogP contribution < -0.4 is 20.9 Å². The Kier molecular flexibility index (Phi) is 8.29. The van der Waals surface area contributed by atoms with Crippen molar-refractivity contribution in [1.29, 1.82) is 0 Å². The molecule has 0 aliphatic rings. The summed E-state index contributed by atoms with van der Waals surface area (Å²) in [6.07, 6.45) is 2.80. The van der Waals surface area contributed by atoms with Gasteiger partial charge in [0.15, 0.2) is 0 Å². The molecule has 1 heterocycles. The van der Waals surface area contributed by atoms with Crippen LogP contribution >= 0.6 is 0 Å². The zero-order valence-corrected chi connectivity index (χ0v) is 19.7. The van der Waals surface area contributed by atoms with E-state index in [0.717, 1.165) is 23.4 Å². The maximum atomic E-state index is 13.8. The summed E-state index contributed by atoms with van der Waals surface area (Å²) in [6, 6.07) is 13.4. The van der Waals surface area contributed by atoms with Crippen LogP contribution in [0.1, 0.15) is 15.9 Å². The summed E-state index contributed by atoms with van der Waals surface area (Å²) in [5.74, 6) is -1.92. The van der Waals surface area contributed by atoms with Crippen LogP contribution in [-0.4, -0.2) is 38.3 Å². The monoisotopic (exact) mass is 497 g/mol. The largest absolute Gasteiger partial charge is 0.383 e. The topological polar surface area (TPSA) is 129 Å². The number of hydrogen-bond donors (Lipinski definition) is 4. The summed E-state index contributed by atoms with van der Waals surface area (Å²) in [5, 5.41) is 5.83. The van der Waals surface area contributed by atoms with Crippen molar-refractivity contribution in [1.82, 2.24) is 20.6 Å². The van der Waals surface area contributed by atoms with Crippen molar-refractivity contribution in [3.05, 3.63) is 90.4 Å². The van der Waals surface area contributed by atoms with Gasteiger partial charge in [0.2, 0.25) is 5.91 Å². The number of aryl methyl sites for hydroxylation is 1. The molecular formula is C24H24FN5O4S. The molecule has 1 aromatic heterocycles. The molecule has 35 heavy (non-hydrogen) atoms. The van der Waals surface area contributed by atoms with Crippen molar-refractivity contribution in [2.24, 2.45) is 0 Å². The summed E-state index contributed by atoms with van der Waals surface area (Å²) in [6.45, 7) is 6.06. The second-order valence-electron chi connectivity index (χ2n) is 7.43. The molecule has 0 unspecified atom stereocenters. The fraction of sp³-hybridized carbons (Fsp3) is 0.125. The molecule has 2 aromatic carbocycles. The summed E-state index contributed by atoms with van der Waals surface area (Å²) in [4.78, 5) is 29.6. The number of sulfonamides is 1. The van der Waals surface area contributed by atoms with E-state index in [1.54, 1.807) is 37.4 Å². The van der Waals surface area contributed by atoms with Crippen LogP contribution in [0.3, 0.4) is 0 Å². The van der Waals surface area contributed by atoms with E-state index in [-0.39, 0.29) is 11.5 Å². The fourth-order valence-electron chi connectivity index (χ4n) is 3.13. The first kappa shape index (κ1) is 25.5. The SMILES string of the molecule is C=CC(=O)NCCNc1ccnc(-c2cc(C)cc(C(=O)NNS(=O)(=O)c3ccccc3F)c2)c1. The maximum absolute atomic E-state index is 13.8. The Balaban J connectivity index is 1.72. The number of aromatic nitrogens is 1. The molecule has 0 fully saturated rings. The van der Waals surface area contributed by atoms with Gasteiger partial charge in [0.1, 0.15) is 10.7 Å². The highest BCUT2D eigenvalue weighted by Gasteiger charge is 2.20. The lowest BCUT2D eigenvalue weighted by Gasteiger charge is -2.12. The van der Waals surface area contributed by atoms with Crippen molar-refractivity contribution in [3.63, 3.8) is 0 Å². The molecule has 182 valence electrons. The number of rotatable bonds is 10. The Hall–Kier alpha value is -4.09. The van der Waals surface area contributed by atoms with Gasteiger partial charge < -0.3 is 10.6 Å². The van der Waals surface area contributed by atoms with Gasteiger partial charge in [-0.15, -0.1) is 4.83 Å². The van der Waals surface area contributed by atoms with Gasteiger partial charge in [-0.25, -0.2) is 12.8 Å². The lowest BCUT2D eigenvalue weighted by atomic mass is 10.0. The molecule has 0 spiro atoms. The highest BCUT2D eigenvalue weighted by Crippen LogP contribution is 2.23. The number of nitrogens with one attached hydrogen (secondary N) is 4. The van der Waals surface area contributed by atoms with Crippen molar-refractivity contribution in [2.45, 2.75) is 11.8 Å². The number of anilines is 1. The molecule has 3 aromatic rings. The van der Waals surface area contributed by atoms with Crippen LogP contribution in [-0.2, 0) is 14.8 Å². The van der Waals surface area contributed by atoms with Gasteiger partial charge in [0.25, 0.3) is 15.9 Å². The summed E-state index contributed by atoms with van der Waals surface area (Å²) < 4.78 is 38.5. The summed E-state index contributed by atoms with van der Waals surface area (Å²) in [7, 11) is -4.30. The minimum atomic E-state index is -4.30. The molecule has 0 saturated carbocycles. The molecule has 3 rings (SSSR count). The van der Waals surface area contributed by atoms with E-state index in [0.29, 0.717) is 24.3 Å². The standard InChI is InChI=1S/C24H24FN5O4S/c1-3-23(31)28-11-10-26-19-8-9-27-21(15-19)17-12-16(2)13-18(14-17)24(32)29-30-35(33,34)22-7-5-4-6-20(22)25/h3-9,12-15,30H,1,10-11H2,2H3,(H,26,27)(H,28,31)(H,29,32). The van der Waals surface area contributed by atoms with Crippen LogP contribution in [0, 0.1) is 12.7 Å². The number of benzene rings is 2. The number of halogens is 1. The van der Waals surface area contributed by atoms with Gasteiger partial charge in [-0.1, -0.05) is 18.7 Å². The van der Waals surface area contributed by atoms with Crippen LogP contribution in [0.25, 0.3) is 11.3 Å². The van der Waals surface area contributed by atoms with Gasteiger partial charge in [-0.3, -0.25) is 20.0 Å². The third-order valence-corrected chi connectivity index (χ3v) is 6.04. The van der Waals surface area contributed by atoms with Crippen LogP contribution in [0.15, 0.2) is 78.3 Å². The van der Waals surface area contributed by atoms with Gasteiger partial charge in [0.05, 0.1) is 5.69 Å². The minimum Gasteiger partial charge on any atom is -0.383 e. The lowest BCUT2D eigenvalue weighted by molar-refractivity contribution is -0.116. The average molecular weight is 498 g/mol. The number of pyridine rings is 1. The first-order valence-electron chi connectivity index (χ1n) is 10.5. The third kappa shape index (κ3) is 6.95. The average Bonchev–Trinajstić information content (AvgIpc) is 2.85. The van der Waals surface area contributed by atoms with Crippen molar-refractivity contribution in [3.8, 4) is 11.3 Å². The van der Waals surface area contributed by atoms with Gasteiger partial charge in [-0.2, -0.15) is 0 Å². The zero-order chi connectivity index (χ0) is 25.4. The second-order valence-corrected chi connectivity index (χ2v) is 9.08. The minimum absolute atomic E-state index is 0.184. The number of hydrazine groups is 1. The third-order valence-electron chi connectivity index (χ3n) is 4.76. The van der Waals surface area contributed by atoms with E-state index in [1.165, 1.54) is 18.2 Å². The number of carbonyl (C=O) groups is 2. The van der Waals surface area contributed by atoms with Crippen LogP contribution in [0.4, 0.5) is 10.1 Å². The normalized spacial score (nSPS) is 10.9. The Morgan fingerprint density at radius 1 is 1.09 bits per heavy atom. The van der Waals surface area contributed by atoms with Crippen LogP contribution in [0.5, 0.6) is 0 Å². The van der Waals surface area contributed by atoms with Crippen LogP contribution in [0.2, 0.25) is 0 Å². The van der Waals surface area contributed by atoms with Crippen molar-refractivity contribution >= 4 is 27.5 Å². The molecular weight excluding hydrogens is 473 g/mol. The maximum Gasteiger partial charge on any atom is 0.266 e. The second kappa shape index (κ2) is 11.4. The molecule has 0 aliphatic carbocycles. The lowest BCUT2D eigenvalue weighted by Crippen LogP contribution is -2.41. The Morgan fingerprint density at radius 2 is 1.86 bits per heavy atom. The number of carbonyl (C=O) groups excluding carboxylic acids is 2. The summed E-state index contributed by atoms with van der Waals surface area (Å²) >= 11 is 0. The van der Waals surface area contributed by atoms with Crippen molar-refractivity contribution < 1.29 is 22.4 Å². The predicted molar refractivity (Wildman–Crippen MR) is 130 cm³/mol. The van der Waals surface area contributed by atoms with Crippen molar-refractivity contribution in [2.75, 3.05) is 18.4 Å². The van der Waals surface area contributed by atoms with E-state index in [9.17, 15) is 22.4 Å². The Bertz CT molecular complexity index is 1360. The van der Waals surface area contributed by atoms with Gasteiger partial charge in [-0.05, 0) is 61.0 Å². The highest BCUT2D eigenvalue weighted by molar-refractivity contribution is 7.89. The smallest absolute Gasteiger partial charge is 0.266 e. The molecule has 11 heteroatoms. The Morgan fingerprint density at radius 3 is 2.60 bits per heavy atom. The van der Waals surface area contributed by atoms with E-state index in [1.807, 2.05) is 10.9 Å². The quantitative estimate of drug-likeness (QED) is 0.194. The summed E-state index contributed by atoms with van der Waals surface area (Å²) in [5.41, 5.74) is 5.01. The zero-order valence-electron chi connectivity index (χ0n) is 18.8. The first-order chi connectivity index (χ1) is 16.7. The van der Waals surface area contributed by atoms with E-state index >= 15 is 0 Å². The first-order valence-corrected chi connectivity index (χ1v) is 12.0. The molecule has 2 amide bonds. The molecule has 0 saturated heterocycles. The molecule has 0 radical (unpaired) electrons. The molecule has 0 bridgehead atoms. The van der Waals surface area contributed by atoms with E-state index < -0.39 is 26.6 Å². The highest BCUT2D eigenvalue weighted by atomic mass is 32.2. The number of hydrogen-bond acceptors (Lipinski definition) is 6. The molecule has 9 nitrogen and oxygen atoms in total. The molecule has 4 N–H and O–H groups in total. The fourth-order valence-corrected chi connectivity index (χ4v) is 4.05. The van der Waals surface area contributed by atoms with Gasteiger partial charge in [0, 0.05) is 36.1 Å². The van der Waals surface area contributed by atoms with Gasteiger partial charge >= 0.3 is 0 Å². The molecule has 0 atom stereocenters. The van der Waals surface area contributed by atoms with E-state index in [4.69, 9.17) is 0 Å². The van der Waals surface area contributed by atoms with E-state index in [2.05, 4.69) is 27.6 Å². The number of nitrogens with zero attached hydrogens (tertiary/aromatic N) is 1.